The van der Waals surface area contributed by atoms with Gasteiger partial charge in [0, 0.05) is 31.4 Å². The monoisotopic (exact) mass is 386 g/mol. The van der Waals surface area contributed by atoms with Crippen LogP contribution in [0, 0.1) is 18.7 Å². The quantitative estimate of drug-likeness (QED) is 0.825. The molecule has 2 aromatic rings. The summed E-state index contributed by atoms with van der Waals surface area (Å²) in [5, 5.41) is 2.80. The zero-order chi connectivity index (χ0) is 20.1. The van der Waals surface area contributed by atoms with E-state index in [0.29, 0.717) is 37.2 Å². The van der Waals surface area contributed by atoms with E-state index in [4.69, 9.17) is 0 Å². The molecular formula is C20H23FN4O3. The number of amides is 2. The average Bonchev–Trinajstić information content (AvgIpc) is 2.69. The van der Waals surface area contributed by atoms with Crippen molar-refractivity contribution in [3.8, 4) is 0 Å². The molecule has 1 saturated heterocycles. The molecule has 1 atom stereocenters. The Morgan fingerprint density at radius 2 is 2.21 bits per heavy atom. The van der Waals surface area contributed by atoms with Gasteiger partial charge in [-0.25, -0.2) is 9.37 Å². The van der Waals surface area contributed by atoms with Crippen LogP contribution in [0.5, 0.6) is 0 Å². The number of hydrogen-bond acceptors (Lipinski definition) is 4. The zero-order valence-corrected chi connectivity index (χ0v) is 15.7. The summed E-state index contributed by atoms with van der Waals surface area (Å²) < 4.78 is 13.2. The largest absolute Gasteiger partial charge is 0.338 e. The summed E-state index contributed by atoms with van der Waals surface area (Å²) in [5.74, 6) is -0.615. The fourth-order valence-corrected chi connectivity index (χ4v) is 3.47. The number of aromatic amines is 1. The number of hydrogen-bond donors (Lipinski definition) is 2. The molecular weight excluding hydrogens is 363 g/mol. The number of likely N-dealkylation sites (tertiary alicyclic amines) is 1. The minimum absolute atomic E-state index is 0.0349. The van der Waals surface area contributed by atoms with Crippen molar-refractivity contribution in [3.05, 3.63) is 58.0 Å². The molecule has 0 unspecified atom stereocenters. The SMILES string of the molecule is Cc1cc(F)ccc1NC(=O)CC[C@H]1CCCN(C(=O)c2cnc[nH]c2=O)C1. The molecule has 0 aliphatic carbocycles. The fourth-order valence-electron chi connectivity index (χ4n) is 3.47. The topological polar surface area (TPSA) is 95.2 Å². The Hall–Kier alpha value is -3.03. The number of H-pyrrole nitrogens is 1. The van der Waals surface area contributed by atoms with E-state index in [0.717, 1.165) is 12.8 Å². The van der Waals surface area contributed by atoms with Crippen LogP contribution in [-0.2, 0) is 4.79 Å². The lowest BCUT2D eigenvalue weighted by molar-refractivity contribution is -0.116. The number of piperidine rings is 1. The van der Waals surface area contributed by atoms with Crippen LogP contribution >= 0.6 is 0 Å². The van der Waals surface area contributed by atoms with Crippen molar-refractivity contribution in [1.82, 2.24) is 14.9 Å². The summed E-state index contributed by atoms with van der Waals surface area (Å²) in [5.41, 5.74) is 0.857. The van der Waals surface area contributed by atoms with Gasteiger partial charge in [-0.05, 0) is 55.9 Å². The fraction of sp³-hybridized carbons (Fsp3) is 0.400. The lowest BCUT2D eigenvalue weighted by atomic mass is 9.93. The summed E-state index contributed by atoms with van der Waals surface area (Å²) in [7, 11) is 0. The van der Waals surface area contributed by atoms with E-state index in [2.05, 4.69) is 15.3 Å². The minimum Gasteiger partial charge on any atom is -0.338 e. The van der Waals surface area contributed by atoms with Gasteiger partial charge in [0.2, 0.25) is 5.91 Å². The van der Waals surface area contributed by atoms with Gasteiger partial charge in [0.15, 0.2) is 0 Å². The number of aromatic nitrogens is 2. The lowest BCUT2D eigenvalue weighted by Gasteiger charge is -2.32. The van der Waals surface area contributed by atoms with Crippen LogP contribution in [-0.4, -0.2) is 39.8 Å². The summed E-state index contributed by atoms with van der Waals surface area (Å²) in [6, 6.07) is 4.24. The molecule has 3 rings (SSSR count). The summed E-state index contributed by atoms with van der Waals surface area (Å²) in [4.78, 5) is 44.5. The third-order valence-corrected chi connectivity index (χ3v) is 5.00. The molecule has 0 saturated carbocycles. The maximum atomic E-state index is 13.2. The molecule has 7 nitrogen and oxygen atoms in total. The van der Waals surface area contributed by atoms with E-state index in [9.17, 15) is 18.8 Å². The smallest absolute Gasteiger partial charge is 0.263 e. The van der Waals surface area contributed by atoms with Crippen LogP contribution in [0.3, 0.4) is 0 Å². The third kappa shape index (κ3) is 4.82. The first kappa shape index (κ1) is 19.7. The molecule has 1 aliphatic heterocycles. The van der Waals surface area contributed by atoms with E-state index in [-0.39, 0.29) is 29.1 Å². The van der Waals surface area contributed by atoms with Crippen LogP contribution in [0.2, 0.25) is 0 Å². The molecule has 8 heteroatoms. The summed E-state index contributed by atoms with van der Waals surface area (Å²) in [6.45, 7) is 2.84. The lowest BCUT2D eigenvalue weighted by Crippen LogP contribution is -2.42. The van der Waals surface area contributed by atoms with Crippen molar-refractivity contribution in [2.24, 2.45) is 5.92 Å². The molecule has 148 valence electrons. The van der Waals surface area contributed by atoms with Crippen LogP contribution < -0.4 is 10.9 Å². The Kier molecular flexibility index (Phi) is 6.18. The van der Waals surface area contributed by atoms with E-state index < -0.39 is 5.56 Å². The van der Waals surface area contributed by atoms with E-state index in [1.165, 1.54) is 24.7 Å². The second kappa shape index (κ2) is 8.77. The molecule has 1 aliphatic rings. The minimum atomic E-state index is -0.448. The van der Waals surface area contributed by atoms with Gasteiger partial charge in [-0.3, -0.25) is 14.4 Å². The van der Waals surface area contributed by atoms with E-state index in [1.807, 2.05) is 0 Å². The highest BCUT2D eigenvalue weighted by molar-refractivity contribution is 5.93. The van der Waals surface area contributed by atoms with Gasteiger partial charge in [-0.15, -0.1) is 0 Å². The predicted molar refractivity (Wildman–Crippen MR) is 102 cm³/mol. The highest BCUT2D eigenvalue weighted by Crippen LogP contribution is 2.23. The number of rotatable bonds is 5. The van der Waals surface area contributed by atoms with Gasteiger partial charge < -0.3 is 15.2 Å². The average molecular weight is 386 g/mol. The molecule has 2 amide bonds. The molecule has 1 aromatic heterocycles. The number of carbonyl (C=O) groups is 2. The Morgan fingerprint density at radius 1 is 1.39 bits per heavy atom. The molecule has 2 N–H and O–H groups in total. The molecule has 28 heavy (non-hydrogen) atoms. The number of benzene rings is 1. The van der Waals surface area contributed by atoms with Gasteiger partial charge in [0.05, 0.1) is 6.33 Å². The van der Waals surface area contributed by atoms with E-state index >= 15 is 0 Å². The number of anilines is 1. The second-order valence-electron chi connectivity index (χ2n) is 7.10. The maximum Gasteiger partial charge on any atom is 0.263 e. The van der Waals surface area contributed by atoms with Crippen molar-refractivity contribution in [2.75, 3.05) is 18.4 Å². The third-order valence-electron chi connectivity index (χ3n) is 5.00. The summed E-state index contributed by atoms with van der Waals surface area (Å²) >= 11 is 0. The Bertz CT molecular complexity index is 928. The van der Waals surface area contributed by atoms with Crippen LogP contribution in [0.1, 0.15) is 41.6 Å². The predicted octanol–water partition coefficient (Wildman–Crippen LogP) is 2.49. The first-order valence-electron chi connectivity index (χ1n) is 9.32. The second-order valence-corrected chi connectivity index (χ2v) is 7.10. The van der Waals surface area contributed by atoms with Crippen LogP contribution in [0.25, 0.3) is 0 Å². The summed E-state index contributed by atoms with van der Waals surface area (Å²) in [6.07, 6.45) is 5.24. The van der Waals surface area contributed by atoms with Crippen molar-refractivity contribution in [3.63, 3.8) is 0 Å². The molecule has 0 spiro atoms. The van der Waals surface area contributed by atoms with Gasteiger partial charge in [0.25, 0.3) is 11.5 Å². The molecule has 0 bridgehead atoms. The Balaban J connectivity index is 1.53. The highest BCUT2D eigenvalue weighted by atomic mass is 19.1. The maximum absolute atomic E-state index is 13.2. The first-order valence-corrected chi connectivity index (χ1v) is 9.32. The van der Waals surface area contributed by atoms with Crippen molar-refractivity contribution >= 4 is 17.5 Å². The van der Waals surface area contributed by atoms with Gasteiger partial charge in [-0.1, -0.05) is 0 Å². The highest BCUT2D eigenvalue weighted by Gasteiger charge is 2.26. The van der Waals surface area contributed by atoms with Crippen LogP contribution in [0.15, 0.2) is 35.5 Å². The number of nitrogens with one attached hydrogen (secondary N) is 2. The number of aryl methyl sites for hydroxylation is 1. The standard InChI is InChI=1S/C20H23FN4O3/c1-13-9-15(21)5-6-17(13)24-18(26)7-4-14-3-2-8-25(11-14)20(28)16-10-22-12-23-19(16)27/h5-6,9-10,12,14H,2-4,7-8,11H2,1H3,(H,24,26)(H,22,23,27)/t14-/m1/s1. The number of nitrogens with zero attached hydrogens (tertiary/aromatic N) is 2. The molecule has 0 radical (unpaired) electrons. The number of carbonyl (C=O) groups excluding carboxylic acids is 2. The number of halogens is 1. The van der Waals surface area contributed by atoms with Crippen molar-refractivity contribution in [1.29, 1.82) is 0 Å². The van der Waals surface area contributed by atoms with Gasteiger partial charge >= 0.3 is 0 Å². The van der Waals surface area contributed by atoms with E-state index in [1.54, 1.807) is 17.9 Å². The first-order chi connectivity index (χ1) is 13.4. The molecule has 1 aromatic carbocycles. The van der Waals surface area contributed by atoms with Crippen molar-refractivity contribution < 1.29 is 14.0 Å². The van der Waals surface area contributed by atoms with Crippen LogP contribution in [0.4, 0.5) is 10.1 Å². The Morgan fingerprint density at radius 3 is 2.96 bits per heavy atom. The zero-order valence-electron chi connectivity index (χ0n) is 15.7. The molecule has 1 fully saturated rings. The van der Waals surface area contributed by atoms with Crippen molar-refractivity contribution in [2.45, 2.75) is 32.6 Å². The van der Waals surface area contributed by atoms with Gasteiger partial charge in [0.1, 0.15) is 11.4 Å². The van der Waals surface area contributed by atoms with Gasteiger partial charge in [-0.2, -0.15) is 0 Å². The normalized spacial score (nSPS) is 16.6. The molecule has 2 heterocycles. The Labute approximate surface area is 162 Å².